The van der Waals surface area contributed by atoms with Gasteiger partial charge >= 0.3 is 23.8 Å². The maximum Gasteiger partial charge on any atom is 0.368 e. The summed E-state index contributed by atoms with van der Waals surface area (Å²) in [6.07, 6.45) is 0. The Bertz CT molecular complexity index is 391. The average Bonchev–Trinajstić information content (AvgIpc) is 2.58. The van der Waals surface area contributed by atoms with Gasteiger partial charge in [0, 0.05) is 41.7 Å². The van der Waals surface area contributed by atoms with Crippen LogP contribution in [0.1, 0.15) is 27.7 Å². The van der Waals surface area contributed by atoms with E-state index in [4.69, 9.17) is 26.9 Å². The van der Waals surface area contributed by atoms with E-state index < -0.39 is 34.3 Å². The SMILES string of the molecule is CCO[Si](OCC)(C(C)P(=O)(OC)OC)C(C)P(=O)(OC)OC. The van der Waals surface area contributed by atoms with Gasteiger partial charge in [0.15, 0.2) is 0 Å². The van der Waals surface area contributed by atoms with Gasteiger partial charge < -0.3 is 26.9 Å². The van der Waals surface area contributed by atoms with Crippen LogP contribution in [-0.4, -0.2) is 60.8 Å². The van der Waals surface area contributed by atoms with E-state index in [1.54, 1.807) is 27.7 Å². The maximum atomic E-state index is 12.9. The van der Waals surface area contributed by atoms with Crippen LogP contribution in [-0.2, 0) is 36.1 Å². The van der Waals surface area contributed by atoms with Crippen molar-refractivity contribution >= 4 is 23.8 Å². The van der Waals surface area contributed by atoms with Gasteiger partial charge in [-0.25, -0.2) is 0 Å². The highest BCUT2D eigenvalue weighted by atomic mass is 31.2. The molecule has 0 heterocycles. The van der Waals surface area contributed by atoms with Crippen molar-refractivity contribution in [2.45, 2.75) is 38.3 Å². The summed E-state index contributed by atoms with van der Waals surface area (Å²) in [5, 5.41) is -1.47. The van der Waals surface area contributed by atoms with Crippen LogP contribution in [0.4, 0.5) is 0 Å². The molecule has 2 unspecified atom stereocenters. The zero-order chi connectivity index (χ0) is 18.3. The Morgan fingerprint density at radius 2 is 1.00 bits per heavy atom. The molecule has 0 aliphatic rings. The zero-order valence-corrected chi connectivity index (χ0v) is 18.0. The highest BCUT2D eigenvalue weighted by molar-refractivity contribution is 7.61. The monoisotopic (exact) mass is 392 g/mol. The van der Waals surface area contributed by atoms with Crippen molar-refractivity contribution in [2.75, 3.05) is 41.7 Å². The fraction of sp³-hybridized carbons (Fsp3) is 1.00. The number of hydrogen-bond acceptors (Lipinski definition) is 8. The van der Waals surface area contributed by atoms with Gasteiger partial charge in [0.25, 0.3) is 0 Å². The van der Waals surface area contributed by atoms with Gasteiger partial charge in [0.1, 0.15) is 10.6 Å². The molecule has 0 aromatic carbocycles. The van der Waals surface area contributed by atoms with Gasteiger partial charge in [0.05, 0.1) is 0 Å². The Morgan fingerprint density at radius 1 is 0.739 bits per heavy atom. The molecule has 8 nitrogen and oxygen atoms in total. The normalized spacial score (nSPS) is 16.3. The predicted molar refractivity (Wildman–Crippen MR) is 91.2 cm³/mol. The Balaban J connectivity index is 6.20. The fourth-order valence-corrected chi connectivity index (χ4v) is 14.1. The first-order chi connectivity index (χ1) is 10.7. The van der Waals surface area contributed by atoms with Crippen molar-refractivity contribution in [1.29, 1.82) is 0 Å². The first kappa shape index (κ1) is 23.4. The molecule has 140 valence electrons. The lowest BCUT2D eigenvalue weighted by molar-refractivity contribution is 0.167. The molecule has 0 saturated heterocycles. The smallest absolute Gasteiger partial charge is 0.368 e. The summed E-state index contributed by atoms with van der Waals surface area (Å²) in [5.74, 6) is 0. The lowest BCUT2D eigenvalue weighted by atomic mass is 10.9. The molecule has 0 aliphatic heterocycles. The summed E-state index contributed by atoms with van der Waals surface area (Å²) < 4.78 is 58.2. The summed E-state index contributed by atoms with van der Waals surface area (Å²) in [5.41, 5.74) is 0. The molecule has 23 heavy (non-hydrogen) atoms. The average molecular weight is 392 g/mol. The third kappa shape index (κ3) is 4.75. The summed E-state index contributed by atoms with van der Waals surface area (Å²) in [6, 6.07) is 0. The Morgan fingerprint density at radius 3 is 1.17 bits per heavy atom. The quantitative estimate of drug-likeness (QED) is 0.369. The summed E-state index contributed by atoms with van der Waals surface area (Å²) in [6.45, 7) is 7.49. The second-order valence-electron chi connectivity index (χ2n) is 4.75. The molecule has 0 radical (unpaired) electrons. The minimum atomic E-state index is -3.52. The topological polar surface area (TPSA) is 89.5 Å². The van der Waals surface area contributed by atoms with Crippen molar-refractivity contribution in [3.8, 4) is 0 Å². The van der Waals surface area contributed by atoms with Crippen molar-refractivity contribution in [3.05, 3.63) is 0 Å². The molecule has 0 aromatic rings. The third-order valence-electron chi connectivity index (χ3n) is 3.87. The first-order valence-electron chi connectivity index (χ1n) is 7.38. The summed E-state index contributed by atoms with van der Waals surface area (Å²) >= 11 is 0. The van der Waals surface area contributed by atoms with E-state index in [1.807, 2.05) is 0 Å². The first-order valence-corrected chi connectivity index (χ1v) is 12.6. The molecular formula is C12H30O8P2Si. The second-order valence-corrected chi connectivity index (χ2v) is 14.6. The lowest BCUT2D eigenvalue weighted by Gasteiger charge is -2.42. The van der Waals surface area contributed by atoms with Crippen LogP contribution in [0.15, 0.2) is 0 Å². The van der Waals surface area contributed by atoms with Gasteiger partial charge in [-0.15, -0.1) is 0 Å². The van der Waals surface area contributed by atoms with Crippen molar-refractivity contribution < 1.29 is 36.1 Å². The molecule has 0 bridgehead atoms. The zero-order valence-electron chi connectivity index (χ0n) is 15.2. The molecule has 0 aliphatic carbocycles. The second kappa shape index (κ2) is 9.80. The number of hydrogen-bond donors (Lipinski definition) is 0. The summed E-state index contributed by atoms with van der Waals surface area (Å²) in [7, 11) is -5.22. The van der Waals surface area contributed by atoms with Crippen LogP contribution < -0.4 is 0 Å². The van der Waals surface area contributed by atoms with E-state index in [0.717, 1.165) is 0 Å². The molecular weight excluding hydrogens is 362 g/mol. The maximum absolute atomic E-state index is 12.9. The van der Waals surface area contributed by atoms with E-state index in [2.05, 4.69) is 0 Å². The molecule has 11 heteroatoms. The number of rotatable bonds is 12. The van der Waals surface area contributed by atoms with Crippen molar-refractivity contribution in [2.24, 2.45) is 0 Å². The lowest BCUT2D eigenvalue weighted by Crippen LogP contribution is -2.60. The van der Waals surface area contributed by atoms with Crippen LogP contribution >= 0.6 is 15.2 Å². The molecule has 2 atom stereocenters. The van der Waals surface area contributed by atoms with Crippen molar-refractivity contribution in [3.63, 3.8) is 0 Å². The van der Waals surface area contributed by atoms with Crippen LogP contribution in [0, 0.1) is 0 Å². The highest BCUT2D eigenvalue weighted by Crippen LogP contribution is 2.61. The van der Waals surface area contributed by atoms with E-state index in [9.17, 15) is 9.13 Å². The van der Waals surface area contributed by atoms with Gasteiger partial charge in [-0.05, 0) is 27.7 Å². The molecule has 0 rings (SSSR count). The third-order valence-corrected chi connectivity index (χ3v) is 15.7. The Kier molecular flexibility index (Phi) is 9.99. The summed E-state index contributed by atoms with van der Waals surface area (Å²) in [4.78, 5) is 0. The van der Waals surface area contributed by atoms with Crippen LogP contribution in [0.5, 0.6) is 0 Å². The molecule has 0 N–H and O–H groups in total. The van der Waals surface area contributed by atoms with Crippen LogP contribution in [0.2, 0.25) is 0 Å². The van der Waals surface area contributed by atoms with Gasteiger partial charge in [-0.1, -0.05) is 0 Å². The minimum absolute atomic E-state index is 0.293. The molecule has 0 spiro atoms. The Hall–Kier alpha value is 0.437. The minimum Gasteiger partial charge on any atom is -0.393 e. The van der Waals surface area contributed by atoms with Crippen LogP contribution in [0.25, 0.3) is 0 Å². The Labute approximate surface area is 140 Å². The molecule has 0 amide bonds. The largest absolute Gasteiger partial charge is 0.393 e. The molecule has 0 aromatic heterocycles. The molecule has 0 saturated carbocycles. The van der Waals surface area contributed by atoms with E-state index >= 15 is 0 Å². The van der Waals surface area contributed by atoms with E-state index in [-0.39, 0.29) is 0 Å². The van der Waals surface area contributed by atoms with Crippen molar-refractivity contribution in [1.82, 2.24) is 0 Å². The molecule has 0 fully saturated rings. The standard InChI is InChI=1S/C12H30O8P2Si/c1-9-19-23(20-10-2,11(3)21(13,15-5)16-6)12(4)22(14,17-7)18-8/h11-12H,9-10H2,1-8H3. The van der Waals surface area contributed by atoms with E-state index in [1.165, 1.54) is 28.4 Å². The van der Waals surface area contributed by atoms with Gasteiger partial charge in [-0.2, -0.15) is 0 Å². The fourth-order valence-electron chi connectivity index (χ4n) is 2.55. The predicted octanol–water partition coefficient (Wildman–Crippen LogP) is 3.33. The van der Waals surface area contributed by atoms with Gasteiger partial charge in [0.2, 0.25) is 0 Å². The van der Waals surface area contributed by atoms with Crippen LogP contribution in [0.3, 0.4) is 0 Å². The van der Waals surface area contributed by atoms with Gasteiger partial charge in [-0.3, -0.25) is 9.13 Å². The van der Waals surface area contributed by atoms with E-state index in [0.29, 0.717) is 13.2 Å². The highest BCUT2D eigenvalue weighted by Gasteiger charge is 2.62.